The summed E-state index contributed by atoms with van der Waals surface area (Å²) in [4.78, 5) is 63.5. The topological polar surface area (TPSA) is 138 Å². The van der Waals surface area contributed by atoms with Crippen LogP contribution in [0.2, 0.25) is 0 Å². The van der Waals surface area contributed by atoms with Crippen molar-refractivity contribution >= 4 is 41.1 Å². The predicted octanol–water partition coefficient (Wildman–Crippen LogP) is 0.871. The normalized spacial score (nSPS) is 10.9. The average molecular weight is 391 g/mol. The quantitative estimate of drug-likeness (QED) is 0.329. The third kappa shape index (κ3) is 3.08. The molecule has 0 aliphatic carbocycles. The van der Waals surface area contributed by atoms with Crippen molar-refractivity contribution in [2.75, 3.05) is 21.3 Å². The molecule has 1 N–H and O–H groups in total. The molecule has 0 saturated carbocycles. The van der Waals surface area contributed by atoms with Crippen molar-refractivity contribution in [3.63, 3.8) is 0 Å². The van der Waals surface area contributed by atoms with E-state index in [4.69, 9.17) is 9.47 Å². The molecule has 0 fully saturated rings. The summed E-state index contributed by atoms with van der Waals surface area (Å²) in [6.07, 6.45) is 0.310. The maximum absolute atomic E-state index is 12.6. The molecule has 0 amide bonds. The van der Waals surface area contributed by atoms with Crippen LogP contribution in [0.15, 0.2) is 18.2 Å². The van der Waals surface area contributed by atoms with Crippen molar-refractivity contribution in [2.45, 2.75) is 12.5 Å². The Morgan fingerprint density at radius 2 is 1.61 bits per heavy atom. The number of hydrogen-bond donors (Lipinski definition) is 1. The van der Waals surface area contributed by atoms with E-state index in [0.29, 0.717) is 6.29 Å². The number of carbonyl (C=O) groups excluding carboxylic acids is 5. The van der Waals surface area contributed by atoms with Gasteiger partial charge in [0.05, 0.1) is 32.6 Å². The van der Waals surface area contributed by atoms with Gasteiger partial charge in [0.1, 0.15) is 0 Å². The second-order valence-corrected chi connectivity index (χ2v) is 5.51. The molecule has 10 nitrogen and oxygen atoms in total. The van der Waals surface area contributed by atoms with Gasteiger partial charge in [0, 0.05) is 23.4 Å². The van der Waals surface area contributed by atoms with Gasteiger partial charge in [-0.05, 0) is 12.1 Å². The van der Waals surface area contributed by atoms with Crippen LogP contribution in [0, 0.1) is 0 Å². The lowest BCUT2D eigenvalue weighted by molar-refractivity contribution is -0.195. The maximum atomic E-state index is 12.6. The van der Waals surface area contributed by atoms with E-state index >= 15 is 0 Å². The Morgan fingerprint density at radius 3 is 2.07 bits per heavy atom. The minimum absolute atomic E-state index is 0.00365. The third-order valence-electron chi connectivity index (χ3n) is 3.98. The Bertz CT molecular complexity index is 957. The Balaban J connectivity index is 3.00. The van der Waals surface area contributed by atoms with E-state index in [2.05, 4.69) is 14.5 Å². The fourth-order valence-electron chi connectivity index (χ4n) is 2.87. The maximum Gasteiger partial charge on any atom is 0.368 e. The molecule has 0 atom stereocenters. The first-order chi connectivity index (χ1) is 13.3. The van der Waals surface area contributed by atoms with Crippen LogP contribution in [0.3, 0.4) is 0 Å². The SMILES string of the molecule is COC(=O)c1cccc2[nH]c(C(OC(C)=O)(C(=O)OC)C(=O)OC)c(C=O)c12. The Hall–Kier alpha value is -3.69. The highest BCUT2D eigenvalue weighted by Gasteiger charge is 2.57. The van der Waals surface area contributed by atoms with Crippen LogP contribution >= 0.6 is 0 Å². The third-order valence-corrected chi connectivity index (χ3v) is 3.98. The fourth-order valence-corrected chi connectivity index (χ4v) is 2.87. The lowest BCUT2D eigenvalue weighted by Crippen LogP contribution is -2.49. The molecule has 0 bridgehead atoms. The van der Waals surface area contributed by atoms with Gasteiger partial charge in [-0.15, -0.1) is 0 Å². The van der Waals surface area contributed by atoms with Crippen LogP contribution in [-0.4, -0.2) is 56.5 Å². The summed E-state index contributed by atoms with van der Waals surface area (Å²) >= 11 is 0. The minimum atomic E-state index is -2.74. The van der Waals surface area contributed by atoms with Gasteiger partial charge in [-0.25, -0.2) is 14.4 Å². The summed E-state index contributed by atoms with van der Waals surface area (Å²) in [5.41, 5.74) is -3.21. The molecule has 0 aliphatic heterocycles. The number of hydrogen-bond acceptors (Lipinski definition) is 9. The second-order valence-electron chi connectivity index (χ2n) is 5.51. The van der Waals surface area contributed by atoms with Crippen LogP contribution < -0.4 is 0 Å². The number of esters is 4. The van der Waals surface area contributed by atoms with Crippen LogP contribution in [0.5, 0.6) is 0 Å². The molecule has 0 aliphatic rings. The lowest BCUT2D eigenvalue weighted by atomic mass is 9.94. The van der Waals surface area contributed by atoms with E-state index < -0.39 is 35.2 Å². The van der Waals surface area contributed by atoms with Gasteiger partial charge in [-0.1, -0.05) is 6.07 Å². The summed E-state index contributed by atoms with van der Waals surface area (Å²) in [5, 5.41) is 0.0729. The number of carbonyl (C=O) groups is 5. The van der Waals surface area contributed by atoms with Gasteiger partial charge in [0.15, 0.2) is 6.29 Å². The second kappa shape index (κ2) is 7.91. The van der Waals surface area contributed by atoms with E-state index in [1.807, 2.05) is 0 Å². The number of aldehydes is 1. The average Bonchev–Trinajstić information content (AvgIpc) is 3.08. The molecule has 2 rings (SSSR count). The first-order valence-electron chi connectivity index (χ1n) is 7.83. The number of fused-ring (bicyclic) bond motifs is 1. The van der Waals surface area contributed by atoms with E-state index in [-0.39, 0.29) is 22.0 Å². The van der Waals surface area contributed by atoms with Gasteiger partial charge < -0.3 is 23.9 Å². The highest BCUT2D eigenvalue weighted by atomic mass is 16.6. The Morgan fingerprint density at radius 1 is 1.00 bits per heavy atom. The number of aromatic amines is 1. The monoisotopic (exact) mass is 391 g/mol. The number of ether oxygens (including phenoxy) is 4. The summed E-state index contributed by atoms with van der Waals surface area (Å²) in [6, 6.07) is 4.38. The van der Waals surface area contributed by atoms with E-state index in [0.717, 1.165) is 28.3 Å². The highest BCUT2D eigenvalue weighted by Crippen LogP contribution is 2.36. The van der Waals surface area contributed by atoms with Crippen molar-refractivity contribution in [1.82, 2.24) is 4.98 Å². The van der Waals surface area contributed by atoms with Crippen molar-refractivity contribution in [3.8, 4) is 0 Å². The molecule has 10 heteroatoms. The highest BCUT2D eigenvalue weighted by molar-refractivity contribution is 6.14. The van der Waals surface area contributed by atoms with Crippen LogP contribution in [0.4, 0.5) is 0 Å². The first kappa shape index (κ1) is 20.6. The molecule has 148 valence electrons. The zero-order chi connectivity index (χ0) is 21.1. The Kier molecular flexibility index (Phi) is 5.82. The smallest absolute Gasteiger partial charge is 0.368 e. The van der Waals surface area contributed by atoms with Crippen molar-refractivity contribution in [1.29, 1.82) is 0 Å². The number of methoxy groups -OCH3 is 3. The Labute approximate surface area is 158 Å². The number of aromatic nitrogens is 1. The molecule has 28 heavy (non-hydrogen) atoms. The van der Waals surface area contributed by atoms with Crippen LogP contribution in [0.25, 0.3) is 10.9 Å². The lowest BCUT2D eigenvalue weighted by Gasteiger charge is -2.27. The number of nitrogens with one attached hydrogen (secondary N) is 1. The molecule has 1 heterocycles. The molecule has 1 aromatic carbocycles. The first-order valence-corrected chi connectivity index (χ1v) is 7.83. The fraction of sp³-hybridized carbons (Fsp3) is 0.278. The molecular weight excluding hydrogens is 374 g/mol. The van der Waals surface area contributed by atoms with Crippen molar-refractivity contribution in [2.24, 2.45) is 0 Å². The van der Waals surface area contributed by atoms with E-state index in [1.165, 1.54) is 18.2 Å². The van der Waals surface area contributed by atoms with E-state index in [1.54, 1.807) is 0 Å². The molecule has 0 saturated heterocycles. The van der Waals surface area contributed by atoms with Gasteiger partial charge >= 0.3 is 29.5 Å². The number of rotatable bonds is 6. The number of H-pyrrole nitrogens is 1. The van der Waals surface area contributed by atoms with Gasteiger partial charge in [-0.3, -0.25) is 9.59 Å². The van der Waals surface area contributed by atoms with Gasteiger partial charge in [0.2, 0.25) is 0 Å². The standard InChI is InChI=1S/C18H17NO9/c1-9(21)28-18(16(23)26-3,17(24)27-4)14-11(8-20)13-10(15(22)25-2)6-5-7-12(13)19-14/h5-8,19H,1-4H3. The van der Waals surface area contributed by atoms with Gasteiger partial charge in [0.25, 0.3) is 0 Å². The summed E-state index contributed by atoms with van der Waals surface area (Å²) < 4.78 is 19.0. The molecular formula is C18H17NO9. The molecule has 0 unspecified atom stereocenters. The van der Waals surface area contributed by atoms with Gasteiger partial charge in [-0.2, -0.15) is 0 Å². The molecule has 1 aromatic heterocycles. The summed E-state index contributed by atoms with van der Waals surface area (Å²) in [5.74, 6) is -4.37. The summed E-state index contributed by atoms with van der Waals surface area (Å²) in [6.45, 7) is 0.962. The molecule has 0 spiro atoms. The summed E-state index contributed by atoms with van der Waals surface area (Å²) in [7, 11) is 3.08. The number of benzene rings is 1. The van der Waals surface area contributed by atoms with Crippen LogP contribution in [-0.2, 0) is 38.9 Å². The molecule has 2 aromatic rings. The predicted molar refractivity (Wildman–Crippen MR) is 92.5 cm³/mol. The van der Waals surface area contributed by atoms with Crippen LogP contribution in [0.1, 0.15) is 33.3 Å². The zero-order valence-corrected chi connectivity index (χ0v) is 15.5. The van der Waals surface area contributed by atoms with Crippen molar-refractivity contribution < 1.29 is 42.9 Å². The van der Waals surface area contributed by atoms with E-state index in [9.17, 15) is 24.0 Å². The zero-order valence-electron chi connectivity index (χ0n) is 15.5. The largest absolute Gasteiger partial charge is 0.465 e. The minimum Gasteiger partial charge on any atom is -0.465 e. The van der Waals surface area contributed by atoms with Crippen molar-refractivity contribution in [3.05, 3.63) is 35.0 Å². The molecule has 0 radical (unpaired) electrons.